The van der Waals surface area contributed by atoms with Gasteiger partial charge in [-0.3, -0.25) is 14.3 Å². The summed E-state index contributed by atoms with van der Waals surface area (Å²) < 4.78 is 31.4. The number of fused-ring (bicyclic) bond motifs is 1. The van der Waals surface area contributed by atoms with Gasteiger partial charge in [-0.05, 0) is 43.0 Å². The molecule has 2 rings (SSSR count). The molecule has 25 heavy (non-hydrogen) atoms. The van der Waals surface area contributed by atoms with Crippen LogP contribution >= 0.6 is 0 Å². The number of nitrogens with one attached hydrogen (secondary N) is 2. The summed E-state index contributed by atoms with van der Waals surface area (Å²) in [6, 6.07) is 5.14. The van der Waals surface area contributed by atoms with Crippen LogP contribution in [0.4, 0.5) is 11.4 Å². The van der Waals surface area contributed by atoms with Crippen LogP contribution in [0.2, 0.25) is 0 Å². The molecule has 0 saturated carbocycles. The molecule has 2 N–H and O–H groups in total. The minimum Gasteiger partial charge on any atom is -0.469 e. The Labute approximate surface area is 148 Å². The fourth-order valence-corrected chi connectivity index (χ4v) is 3.87. The molecule has 0 bridgehead atoms. The molecule has 138 valence electrons. The highest BCUT2D eigenvalue weighted by Crippen LogP contribution is 2.26. The van der Waals surface area contributed by atoms with Crippen molar-refractivity contribution in [1.82, 2.24) is 0 Å². The van der Waals surface area contributed by atoms with Crippen molar-refractivity contribution in [2.75, 3.05) is 22.9 Å². The van der Waals surface area contributed by atoms with Gasteiger partial charge in [-0.2, -0.15) is 0 Å². The number of carbonyl (C=O) groups is 2. The van der Waals surface area contributed by atoms with Crippen LogP contribution in [0.15, 0.2) is 18.2 Å². The van der Waals surface area contributed by atoms with Crippen molar-refractivity contribution in [3.63, 3.8) is 0 Å². The molecule has 0 aliphatic carbocycles. The molecule has 0 spiro atoms. The number of benzene rings is 1. The third-order valence-electron chi connectivity index (χ3n) is 4.05. The Morgan fingerprint density at radius 2 is 1.96 bits per heavy atom. The van der Waals surface area contributed by atoms with Gasteiger partial charge in [0.05, 0.1) is 12.9 Å². The number of ether oxygens (including phenoxy) is 1. The highest BCUT2D eigenvalue weighted by atomic mass is 32.2. The Morgan fingerprint density at radius 1 is 1.20 bits per heavy atom. The zero-order chi connectivity index (χ0) is 18.3. The fourth-order valence-electron chi connectivity index (χ4n) is 2.69. The van der Waals surface area contributed by atoms with Crippen LogP contribution in [-0.4, -0.2) is 33.2 Å². The van der Waals surface area contributed by atoms with E-state index in [4.69, 9.17) is 0 Å². The predicted molar refractivity (Wildman–Crippen MR) is 95.9 cm³/mol. The van der Waals surface area contributed by atoms with E-state index in [-0.39, 0.29) is 17.6 Å². The van der Waals surface area contributed by atoms with E-state index in [1.54, 1.807) is 18.2 Å². The van der Waals surface area contributed by atoms with Crippen molar-refractivity contribution >= 4 is 33.3 Å². The molecule has 1 aromatic rings. The molecular formula is C17H24N2O5S. The second-order valence-electron chi connectivity index (χ2n) is 6.08. The number of hydrogen-bond acceptors (Lipinski definition) is 5. The number of esters is 1. The van der Waals surface area contributed by atoms with Gasteiger partial charge < -0.3 is 10.1 Å². The molecule has 0 fully saturated rings. The van der Waals surface area contributed by atoms with E-state index in [1.807, 2.05) is 0 Å². The molecule has 1 heterocycles. The van der Waals surface area contributed by atoms with Crippen molar-refractivity contribution in [3.05, 3.63) is 23.8 Å². The maximum Gasteiger partial charge on any atom is 0.305 e. The molecule has 0 saturated heterocycles. The predicted octanol–water partition coefficient (Wildman–Crippen LogP) is 2.44. The summed E-state index contributed by atoms with van der Waals surface area (Å²) in [5, 5.41) is 2.77. The summed E-state index contributed by atoms with van der Waals surface area (Å²) in [6.45, 7) is 0. The van der Waals surface area contributed by atoms with Gasteiger partial charge in [0.2, 0.25) is 15.9 Å². The Hall–Kier alpha value is -2.09. The molecule has 1 amide bonds. The van der Waals surface area contributed by atoms with E-state index in [1.165, 1.54) is 7.11 Å². The van der Waals surface area contributed by atoms with Crippen LogP contribution in [-0.2, 0) is 30.8 Å². The van der Waals surface area contributed by atoms with Crippen LogP contribution in [0.3, 0.4) is 0 Å². The highest BCUT2D eigenvalue weighted by molar-refractivity contribution is 7.92. The summed E-state index contributed by atoms with van der Waals surface area (Å²) in [5.74, 6) is -0.218. The maximum absolute atomic E-state index is 12.2. The molecule has 0 unspecified atom stereocenters. The minimum absolute atomic E-state index is 0.0203. The molecule has 1 aliphatic rings. The molecule has 0 radical (unpaired) electrons. The van der Waals surface area contributed by atoms with Crippen molar-refractivity contribution in [3.8, 4) is 0 Å². The zero-order valence-corrected chi connectivity index (χ0v) is 15.2. The van der Waals surface area contributed by atoms with E-state index in [9.17, 15) is 18.0 Å². The molecular weight excluding hydrogens is 344 g/mol. The Balaban J connectivity index is 1.77. The minimum atomic E-state index is -3.41. The Kier molecular flexibility index (Phi) is 6.81. The molecule has 8 heteroatoms. The van der Waals surface area contributed by atoms with Crippen molar-refractivity contribution in [1.29, 1.82) is 0 Å². The average Bonchev–Trinajstić information content (AvgIpc) is 2.57. The number of methoxy groups -OCH3 is 1. The number of anilines is 2. The number of hydrogen-bond donors (Lipinski definition) is 2. The first-order chi connectivity index (χ1) is 11.9. The van der Waals surface area contributed by atoms with Crippen LogP contribution in [0.1, 0.15) is 44.1 Å². The third kappa shape index (κ3) is 6.38. The van der Waals surface area contributed by atoms with Crippen molar-refractivity contribution in [2.24, 2.45) is 0 Å². The van der Waals surface area contributed by atoms with E-state index >= 15 is 0 Å². The summed E-state index contributed by atoms with van der Waals surface area (Å²) in [7, 11) is -2.05. The van der Waals surface area contributed by atoms with Crippen molar-refractivity contribution in [2.45, 2.75) is 44.9 Å². The summed E-state index contributed by atoms with van der Waals surface area (Å²) in [5.41, 5.74) is 2.19. The monoisotopic (exact) mass is 368 g/mol. The van der Waals surface area contributed by atoms with Crippen LogP contribution in [0.25, 0.3) is 0 Å². The number of amides is 1. The van der Waals surface area contributed by atoms with Gasteiger partial charge in [0.15, 0.2) is 0 Å². The van der Waals surface area contributed by atoms with Gasteiger partial charge in [0.1, 0.15) is 0 Å². The number of rotatable bonds is 9. The summed E-state index contributed by atoms with van der Waals surface area (Å²) in [6.07, 6.45) is 4.17. The lowest BCUT2D eigenvalue weighted by Crippen LogP contribution is -2.20. The lowest BCUT2D eigenvalue weighted by molar-refractivity contribution is -0.140. The van der Waals surface area contributed by atoms with Gasteiger partial charge in [0, 0.05) is 24.2 Å². The average molecular weight is 368 g/mol. The van der Waals surface area contributed by atoms with Gasteiger partial charge in [-0.25, -0.2) is 8.42 Å². The Bertz CT molecular complexity index is 731. The Morgan fingerprint density at radius 3 is 2.72 bits per heavy atom. The first-order valence-electron chi connectivity index (χ1n) is 8.40. The van der Waals surface area contributed by atoms with Gasteiger partial charge in [-0.1, -0.05) is 12.8 Å². The quantitative estimate of drug-likeness (QED) is 0.515. The van der Waals surface area contributed by atoms with Gasteiger partial charge in [0.25, 0.3) is 0 Å². The zero-order valence-electron chi connectivity index (χ0n) is 14.3. The van der Waals surface area contributed by atoms with E-state index in [0.717, 1.165) is 24.1 Å². The molecule has 0 atom stereocenters. The first kappa shape index (κ1) is 19.2. The summed E-state index contributed by atoms with van der Waals surface area (Å²) in [4.78, 5) is 22.3. The number of sulfonamides is 1. The van der Waals surface area contributed by atoms with Crippen LogP contribution < -0.4 is 10.0 Å². The SMILES string of the molecule is COC(=O)CCCCCCS(=O)(=O)Nc1ccc2c(c1)CCC(=O)N2. The number of unbranched alkanes of at least 4 members (excludes halogenated alkanes) is 3. The lowest BCUT2D eigenvalue weighted by atomic mass is 10.0. The van der Waals surface area contributed by atoms with Crippen LogP contribution in [0, 0.1) is 0 Å². The molecule has 1 aromatic carbocycles. The van der Waals surface area contributed by atoms with Crippen molar-refractivity contribution < 1.29 is 22.7 Å². The first-order valence-corrected chi connectivity index (χ1v) is 10.0. The van der Waals surface area contributed by atoms with Gasteiger partial charge in [-0.15, -0.1) is 0 Å². The topological polar surface area (TPSA) is 102 Å². The largest absolute Gasteiger partial charge is 0.469 e. The smallest absolute Gasteiger partial charge is 0.305 e. The molecule has 0 aromatic heterocycles. The number of aryl methyl sites for hydroxylation is 1. The highest BCUT2D eigenvalue weighted by Gasteiger charge is 2.16. The summed E-state index contributed by atoms with van der Waals surface area (Å²) >= 11 is 0. The molecule has 1 aliphatic heterocycles. The lowest BCUT2D eigenvalue weighted by Gasteiger charge is -2.18. The fraction of sp³-hybridized carbons (Fsp3) is 0.529. The maximum atomic E-state index is 12.2. The standard InChI is InChI=1S/C17H24N2O5S/c1-24-17(21)6-4-2-3-5-11-25(22,23)19-14-8-9-15-13(12-14)7-10-16(20)18-15/h8-9,12,19H,2-7,10-11H2,1H3,(H,18,20). The number of carbonyl (C=O) groups excluding carboxylic acids is 2. The third-order valence-corrected chi connectivity index (χ3v) is 5.42. The van der Waals surface area contributed by atoms with E-state index < -0.39 is 10.0 Å². The van der Waals surface area contributed by atoms with E-state index in [2.05, 4.69) is 14.8 Å². The van der Waals surface area contributed by atoms with Crippen LogP contribution in [0.5, 0.6) is 0 Å². The molecule has 7 nitrogen and oxygen atoms in total. The second kappa shape index (κ2) is 8.84. The normalized spacial score (nSPS) is 13.7. The van der Waals surface area contributed by atoms with E-state index in [0.29, 0.717) is 37.8 Å². The van der Waals surface area contributed by atoms with Gasteiger partial charge >= 0.3 is 5.97 Å². The second-order valence-corrected chi connectivity index (χ2v) is 7.92.